The van der Waals surface area contributed by atoms with Gasteiger partial charge in [0.1, 0.15) is 5.75 Å². The van der Waals surface area contributed by atoms with Gasteiger partial charge >= 0.3 is 0 Å². The van der Waals surface area contributed by atoms with E-state index >= 15 is 0 Å². The molecule has 2 aromatic rings. The Morgan fingerprint density at radius 2 is 1.81 bits per heavy atom. The van der Waals surface area contributed by atoms with Crippen molar-refractivity contribution in [2.24, 2.45) is 11.7 Å². The molecule has 116 valence electrons. The second kappa shape index (κ2) is 7.64. The van der Waals surface area contributed by atoms with Gasteiger partial charge in [-0.2, -0.15) is 0 Å². The SMILES string of the molecule is CCOc1ccc2ccccc2c1[C@@H](N)[C@@H](O)C(C)C.Cl. The molecule has 0 aliphatic heterocycles. The van der Waals surface area contributed by atoms with Gasteiger partial charge in [-0.25, -0.2) is 0 Å². The number of ether oxygens (including phenoxy) is 1. The largest absolute Gasteiger partial charge is 0.494 e. The Balaban J connectivity index is 0.00000220. The van der Waals surface area contributed by atoms with Crippen LogP contribution in [0.25, 0.3) is 10.8 Å². The van der Waals surface area contributed by atoms with Crippen molar-refractivity contribution in [3.63, 3.8) is 0 Å². The molecule has 0 saturated heterocycles. The Bertz CT molecular complexity index is 586. The number of hydrogen-bond donors (Lipinski definition) is 2. The fourth-order valence-corrected chi connectivity index (χ4v) is 2.49. The average Bonchev–Trinajstić information content (AvgIpc) is 2.45. The molecule has 3 nitrogen and oxygen atoms in total. The van der Waals surface area contributed by atoms with Gasteiger partial charge in [-0.1, -0.05) is 44.2 Å². The molecule has 0 amide bonds. The molecule has 4 heteroatoms. The predicted molar refractivity (Wildman–Crippen MR) is 90.1 cm³/mol. The molecule has 2 rings (SSSR count). The summed E-state index contributed by atoms with van der Waals surface area (Å²) in [4.78, 5) is 0. The van der Waals surface area contributed by atoms with Crippen LogP contribution in [-0.2, 0) is 0 Å². The zero-order valence-electron chi connectivity index (χ0n) is 12.7. The third kappa shape index (κ3) is 3.67. The Labute approximate surface area is 132 Å². The highest BCUT2D eigenvalue weighted by Gasteiger charge is 2.25. The maximum Gasteiger partial charge on any atom is 0.124 e. The molecular formula is C17H24ClNO2. The molecule has 0 fully saturated rings. The normalized spacial score (nSPS) is 13.8. The number of benzene rings is 2. The number of aliphatic hydroxyl groups is 1. The van der Waals surface area contributed by atoms with Crippen molar-refractivity contribution in [3.05, 3.63) is 42.0 Å². The molecule has 0 bridgehead atoms. The molecule has 0 saturated carbocycles. The van der Waals surface area contributed by atoms with Crippen molar-refractivity contribution in [2.75, 3.05) is 6.61 Å². The fourth-order valence-electron chi connectivity index (χ4n) is 2.49. The van der Waals surface area contributed by atoms with E-state index in [2.05, 4.69) is 0 Å². The lowest BCUT2D eigenvalue weighted by Gasteiger charge is -2.25. The van der Waals surface area contributed by atoms with E-state index < -0.39 is 12.1 Å². The van der Waals surface area contributed by atoms with Crippen LogP contribution in [0.5, 0.6) is 5.75 Å². The van der Waals surface area contributed by atoms with E-state index in [-0.39, 0.29) is 18.3 Å². The lowest BCUT2D eigenvalue weighted by atomic mass is 9.90. The minimum atomic E-state index is -0.597. The van der Waals surface area contributed by atoms with E-state index in [4.69, 9.17) is 10.5 Å². The van der Waals surface area contributed by atoms with Gasteiger partial charge < -0.3 is 15.6 Å². The topological polar surface area (TPSA) is 55.5 Å². The highest BCUT2D eigenvalue weighted by Crippen LogP contribution is 2.35. The van der Waals surface area contributed by atoms with E-state index in [0.29, 0.717) is 6.61 Å². The Kier molecular flexibility index (Phi) is 6.46. The molecule has 0 aliphatic rings. The van der Waals surface area contributed by atoms with Gasteiger partial charge in [0.15, 0.2) is 0 Å². The number of fused-ring (bicyclic) bond motifs is 1. The van der Waals surface area contributed by atoms with Crippen LogP contribution >= 0.6 is 12.4 Å². The molecule has 21 heavy (non-hydrogen) atoms. The average molecular weight is 310 g/mol. The summed E-state index contributed by atoms with van der Waals surface area (Å²) >= 11 is 0. The van der Waals surface area contributed by atoms with Crippen LogP contribution in [0.1, 0.15) is 32.4 Å². The van der Waals surface area contributed by atoms with Crippen LogP contribution in [0.3, 0.4) is 0 Å². The molecule has 3 N–H and O–H groups in total. The highest BCUT2D eigenvalue weighted by atomic mass is 35.5. The van der Waals surface area contributed by atoms with Gasteiger partial charge in [0, 0.05) is 5.56 Å². The summed E-state index contributed by atoms with van der Waals surface area (Å²) in [7, 11) is 0. The van der Waals surface area contributed by atoms with E-state index in [9.17, 15) is 5.11 Å². The van der Waals surface area contributed by atoms with Gasteiger partial charge in [0.05, 0.1) is 18.8 Å². The van der Waals surface area contributed by atoms with Gasteiger partial charge in [-0.15, -0.1) is 12.4 Å². The zero-order chi connectivity index (χ0) is 14.7. The minimum absolute atomic E-state index is 0. The number of rotatable bonds is 5. The Morgan fingerprint density at radius 1 is 1.14 bits per heavy atom. The summed E-state index contributed by atoms with van der Waals surface area (Å²) < 4.78 is 5.71. The molecule has 0 unspecified atom stereocenters. The molecule has 0 aliphatic carbocycles. The maximum atomic E-state index is 10.3. The first-order valence-electron chi connectivity index (χ1n) is 7.14. The van der Waals surface area contributed by atoms with Crippen molar-refractivity contribution >= 4 is 23.2 Å². The molecule has 2 atom stereocenters. The van der Waals surface area contributed by atoms with E-state index in [1.54, 1.807) is 0 Å². The molecule has 0 heterocycles. The molecule has 0 spiro atoms. The fraction of sp³-hybridized carbons (Fsp3) is 0.412. The summed E-state index contributed by atoms with van der Waals surface area (Å²) in [5, 5.41) is 12.5. The van der Waals surface area contributed by atoms with Crippen LogP contribution in [0.4, 0.5) is 0 Å². The minimum Gasteiger partial charge on any atom is -0.494 e. The first-order valence-corrected chi connectivity index (χ1v) is 7.14. The van der Waals surface area contributed by atoms with Crippen LogP contribution in [0, 0.1) is 5.92 Å². The molecule has 0 radical (unpaired) electrons. The standard InChI is InChI=1S/C17H23NO2.ClH/c1-4-20-14-10-9-12-7-5-6-8-13(12)15(14)16(18)17(19)11(2)3;/h5-11,16-17,19H,4,18H2,1-3H3;1H/t16-,17+;/m1./s1. The first kappa shape index (κ1) is 17.8. The highest BCUT2D eigenvalue weighted by molar-refractivity contribution is 5.88. The van der Waals surface area contributed by atoms with Gasteiger partial charge in [0.2, 0.25) is 0 Å². The second-order valence-electron chi connectivity index (χ2n) is 5.39. The summed E-state index contributed by atoms with van der Waals surface area (Å²) in [6.45, 7) is 6.46. The zero-order valence-corrected chi connectivity index (χ0v) is 13.6. The van der Waals surface area contributed by atoms with Crippen LogP contribution in [0.15, 0.2) is 36.4 Å². The van der Waals surface area contributed by atoms with Crippen LogP contribution in [0.2, 0.25) is 0 Å². The van der Waals surface area contributed by atoms with Crippen LogP contribution in [-0.4, -0.2) is 17.8 Å². The third-order valence-corrected chi connectivity index (χ3v) is 3.61. The quantitative estimate of drug-likeness (QED) is 0.886. The monoisotopic (exact) mass is 309 g/mol. The molecule has 0 aromatic heterocycles. The van der Waals surface area contributed by atoms with Gasteiger partial charge in [0.25, 0.3) is 0 Å². The lowest BCUT2D eigenvalue weighted by Crippen LogP contribution is -2.31. The van der Waals surface area contributed by atoms with Gasteiger partial charge in [-0.05, 0) is 29.7 Å². The number of halogens is 1. The molecular weight excluding hydrogens is 286 g/mol. The van der Waals surface area contributed by atoms with E-state index in [0.717, 1.165) is 22.1 Å². The number of aliphatic hydroxyl groups excluding tert-OH is 1. The Morgan fingerprint density at radius 3 is 2.43 bits per heavy atom. The van der Waals surface area contributed by atoms with Gasteiger partial charge in [-0.3, -0.25) is 0 Å². The van der Waals surface area contributed by atoms with Crippen molar-refractivity contribution in [2.45, 2.75) is 32.9 Å². The Hall–Kier alpha value is -1.29. The summed E-state index contributed by atoms with van der Waals surface area (Å²) in [6, 6.07) is 11.6. The predicted octanol–water partition coefficient (Wildman–Crippen LogP) is 3.68. The van der Waals surface area contributed by atoms with Crippen LogP contribution < -0.4 is 10.5 Å². The maximum absolute atomic E-state index is 10.3. The summed E-state index contributed by atoms with van der Waals surface area (Å²) in [5.74, 6) is 0.858. The first-order chi connectivity index (χ1) is 9.56. The number of hydrogen-bond acceptors (Lipinski definition) is 3. The smallest absolute Gasteiger partial charge is 0.124 e. The van der Waals surface area contributed by atoms with Crippen molar-refractivity contribution in [1.82, 2.24) is 0 Å². The summed E-state index contributed by atoms with van der Waals surface area (Å²) in [6.07, 6.45) is -0.597. The van der Waals surface area contributed by atoms with Crippen molar-refractivity contribution < 1.29 is 9.84 Å². The third-order valence-electron chi connectivity index (χ3n) is 3.61. The van der Waals surface area contributed by atoms with Crippen molar-refractivity contribution in [3.8, 4) is 5.75 Å². The van der Waals surface area contributed by atoms with E-state index in [1.807, 2.05) is 57.2 Å². The lowest BCUT2D eigenvalue weighted by molar-refractivity contribution is 0.0972. The van der Waals surface area contributed by atoms with E-state index in [1.165, 1.54) is 0 Å². The summed E-state index contributed by atoms with van der Waals surface area (Å²) in [5.41, 5.74) is 7.20. The second-order valence-corrected chi connectivity index (χ2v) is 5.39. The number of nitrogens with two attached hydrogens (primary N) is 1. The molecule has 2 aromatic carbocycles. The van der Waals surface area contributed by atoms with Crippen molar-refractivity contribution in [1.29, 1.82) is 0 Å².